The zero-order chi connectivity index (χ0) is 16.9. The molecule has 0 aromatic carbocycles. The Hall–Kier alpha value is -0.260. The second kappa shape index (κ2) is 8.21. The summed E-state index contributed by atoms with van der Waals surface area (Å²) in [6.45, 7) is 14.0. The molecular weight excluding hydrogens is 276 g/mol. The van der Waals surface area contributed by atoms with E-state index in [9.17, 15) is 0 Å². The zero-order valence-corrected chi connectivity index (χ0v) is 16.6. The van der Waals surface area contributed by atoms with E-state index in [1.807, 2.05) is 0 Å². The average molecular weight is 319 g/mol. The molecule has 23 heavy (non-hydrogen) atoms. The van der Waals surface area contributed by atoms with Gasteiger partial charge in [-0.2, -0.15) is 0 Å². The molecular formula is C23H42. The van der Waals surface area contributed by atoms with Crippen LogP contribution in [0.3, 0.4) is 0 Å². The molecule has 0 spiro atoms. The molecule has 134 valence electrons. The second-order valence-electron chi connectivity index (χ2n) is 9.85. The lowest BCUT2D eigenvalue weighted by Crippen LogP contribution is -2.27. The van der Waals surface area contributed by atoms with E-state index in [4.69, 9.17) is 0 Å². The van der Waals surface area contributed by atoms with Gasteiger partial charge in [-0.05, 0) is 81.0 Å². The van der Waals surface area contributed by atoms with Crippen LogP contribution in [0.5, 0.6) is 0 Å². The van der Waals surface area contributed by atoms with Gasteiger partial charge in [0.1, 0.15) is 0 Å². The minimum atomic E-state index is 0.617. The molecule has 2 saturated carbocycles. The Labute approximate surface area is 146 Å². The summed E-state index contributed by atoms with van der Waals surface area (Å²) in [5.41, 5.74) is 2.67. The average Bonchev–Trinajstić information content (AvgIpc) is 3.05. The van der Waals surface area contributed by atoms with Crippen molar-refractivity contribution in [2.75, 3.05) is 0 Å². The normalized spacial score (nSPS) is 31.4. The molecule has 2 aliphatic rings. The summed E-state index contributed by atoms with van der Waals surface area (Å²) in [7, 11) is 0. The molecule has 0 bridgehead atoms. The summed E-state index contributed by atoms with van der Waals surface area (Å²) >= 11 is 0. The van der Waals surface area contributed by atoms with Crippen LogP contribution < -0.4 is 0 Å². The third kappa shape index (κ3) is 5.36. The molecule has 0 aromatic heterocycles. The summed E-state index contributed by atoms with van der Waals surface area (Å²) < 4.78 is 0. The van der Waals surface area contributed by atoms with Crippen LogP contribution in [0.25, 0.3) is 0 Å². The first-order valence-electron chi connectivity index (χ1n) is 10.5. The monoisotopic (exact) mass is 318 g/mol. The highest BCUT2D eigenvalue weighted by molar-refractivity contribution is 4.93. The molecule has 0 aromatic rings. The quantitative estimate of drug-likeness (QED) is 0.379. The highest BCUT2D eigenvalue weighted by Crippen LogP contribution is 2.51. The maximum Gasteiger partial charge on any atom is -0.0295 e. The number of allylic oxidation sites excluding steroid dienone is 1. The van der Waals surface area contributed by atoms with Gasteiger partial charge in [0.25, 0.3) is 0 Å². The van der Waals surface area contributed by atoms with Crippen LogP contribution in [0.4, 0.5) is 0 Å². The summed E-state index contributed by atoms with van der Waals surface area (Å²) in [4.78, 5) is 0. The standard InChI is InChI=1S/C23H42/c1-19(2)11-8-17-23(5)18-10-13-21(23)20(3)12-9-16-22(4)14-6-7-15-22/h20-21H,1,6-18H2,2-5H3. The van der Waals surface area contributed by atoms with Crippen molar-refractivity contribution in [1.82, 2.24) is 0 Å². The SMILES string of the molecule is C=C(C)CCCC1(C)CCCC1C(C)CCCC1(C)CCCC1. The van der Waals surface area contributed by atoms with Gasteiger partial charge in [-0.15, -0.1) is 6.58 Å². The van der Waals surface area contributed by atoms with Gasteiger partial charge in [-0.3, -0.25) is 0 Å². The lowest BCUT2D eigenvalue weighted by Gasteiger charge is -2.36. The van der Waals surface area contributed by atoms with Gasteiger partial charge in [-0.1, -0.05) is 58.4 Å². The molecule has 0 heterocycles. The van der Waals surface area contributed by atoms with Gasteiger partial charge in [0.15, 0.2) is 0 Å². The highest BCUT2D eigenvalue weighted by Gasteiger charge is 2.40. The molecule has 0 heteroatoms. The Balaban J connectivity index is 1.77. The minimum absolute atomic E-state index is 0.617. The van der Waals surface area contributed by atoms with Crippen molar-refractivity contribution in [1.29, 1.82) is 0 Å². The third-order valence-corrected chi connectivity index (χ3v) is 7.45. The topological polar surface area (TPSA) is 0 Å². The van der Waals surface area contributed by atoms with Gasteiger partial charge in [0, 0.05) is 0 Å². The van der Waals surface area contributed by atoms with Crippen LogP contribution in [0.15, 0.2) is 12.2 Å². The molecule has 3 unspecified atom stereocenters. The molecule has 2 fully saturated rings. The van der Waals surface area contributed by atoms with Gasteiger partial charge in [-0.25, -0.2) is 0 Å². The van der Waals surface area contributed by atoms with E-state index in [-0.39, 0.29) is 0 Å². The van der Waals surface area contributed by atoms with E-state index in [0.29, 0.717) is 10.8 Å². The minimum Gasteiger partial charge on any atom is -0.100 e. The van der Waals surface area contributed by atoms with Crippen molar-refractivity contribution >= 4 is 0 Å². The number of rotatable bonds is 9. The predicted octanol–water partition coefficient (Wildman–Crippen LogP) is 7.93. The van der Waals surface area contributed by atoms with Gasteiger partial charge < -0.3 is 0 Å². The second-order valence-corrected chi connectivity index (χ2v) is 9.85. The lowest BCUT2D eigenvalue weighted by molar-refractivity contribution is 0.137. The van der Waals surface area contributed by atoms with E-state index in [1.54, 1.807) is 0 Å². The Bertz CT molecular complexity index is 373. The van der Waals surface area contributed by atoms with Crippen LogP contribution in [-0.2, 0) is 0 Å². The van der Waals surface area contributed by atoms with Crippen molar-refractivity contribution in [3.05, 3.63) is 12.2 Å². The number of hydrogen-bond acceptors (Lipinski definition) is 0. The fraction of sp³-hybridized carbons (Fsp3) is 0.913. The molecule has 3 atom stereocenters. The van der Waals surface area contributed by atoms with Crippen LogP contribution in [-0.4, -0.2) is 0 Å². The van der Waals surface area contributed by atoms with Crippen LogP contribution in [0.1, 0.15) is 111 Å². The maximum atomic E-state index is 4.08. The zero-order valence-electron chi connectivity index (χ0n) is 16.6. The first kappa shape index (κ1) is 19.1. The molecule has 2 rings (SSSR count). The molecule has 0 saturated heterocycles. The smallest absolute Gasteiger partial charge is 0.0295 e. The lowest BCUT2D eigenvalue weighted by atomic mass is 9.69. The molecule has 0 aliphatic heterocycles. The van der Waals surface area contributed by atoms with Gasteiger partial charge in [0.05, 0.1) is 0 Å². The Morgan fingerprint density at radius 2 is 1.74 bits per heavy atom. The summed E-state index contributed by atoms with van der Waals surface area (Å²) in [6.07, 6.45) is 18.8. The third-order valence-electron chi connectivity index (χ3n) is 7.45. The van der Waals surface area contributed by atoms with Crippen molar-refractivity contribution in [3.8, 4) is 0 Å². The van der Waals surface area contributed by atoms with E-state index >= 15 is 0 Å². The molecule has 2 aliphatic carbocycles. The first-order chi connectivity index (χ1) is 10.8. The van der Waals surface area contributed by atoms with Gasteiger partial charge >= 0.3 is 0 Å². The van der Waals surface area contributed by atoms with Crippen LogP contribution >= 0.6 is 0 Å². The van der Waals surface area contributed by atoms with Gasteiger partial charge in [0.2, 0.25) is 0 Å². The fourth-order valence-electron chi connectivity index (χ4n) is 5.87. The van der Waals surface area contributed by atoms with Crippen molar-refractivity contribution in [3.63, 3.8) is 0 Å². The van der Waals surface area contributed by atoms with Crippen LogP contribution in [0.2, 0.25) is 0 Å². The van der Waals surface area contributed by atoms with E-state index in [0.717, 1.165) is 11.8 Å². The number of hydrogen-bond donors (Lipinski definition) is 0. The van der Waals surface area contributed by atoms with Crippen LogP contribution in [0, 0.1) is 22.7 Å². The van der Waals surface area contributed by atoms with E-state index < -0.39 is 0 Å². The molecule has 0 nitrogen and oxygen atoms in total. The Morgan fingerprint density at radius 3 is 2.39 bits per heavy atom. The first-order valence-corrected chi connectivity index (χ1v) is 10.5. The molecule has 0 N–H and O–H groups in total. The van der Waals surface area contributed by atoms with Crippen molar-refractivity contribution in [2.45, 2.75) is 111 Å². The Morgan fingerprint density at radius 1 is 1.04 bits per heavy atom. The highest BCUT2D eigenvalue weighted by atomic mass is 14.5. The fourth-order valence-corrected chi connectivity index (χ4v) is 5.87. The maximum absolute atomic E-state index is 4.08. The van der Waals surface area contributed by atoms with E-state index in [2.05, 4.69) is 34.3 Å². The largest absolute Gasteiger partial charge is 0.100 e. The summed E-state index contributed by atoms with van der Waals surface area (Å²) in [5, 5.41) is 0. The molecule has 0 radical (unpaired) electrons. The predicted molar refractivity (Wildman–Crippen MR) is 104 cm³/mol. The Kier molecular flexibility index (Phi) is 6.81. The summed E-state index contributed by atoms with van der Waals surface area (Å²) in [6, 6.07) is 0. The van der Waals surface area contributed by atoms with Crippen molar-refractivity contribution < 1.29 is 0 Å². The summed E-state index contributed by atoms with van der Waals surface area (Å²) in [5.74, 6) is 1.90. The van der Waals surface area contributed by atoms with E-state index in [1.165, 1.54) is 89.0 Å². The molecule has 0 amide bonds. The van der Waals surface area contributed by atoms with Crippen molar-refractivity contribution in [2.24, 2.45) is 22.7 Å².